The molecule has 1 N–H and O–H groups in total. The molecule has 0 bridgehead atoms. The molecule has 8 heteroatoms. The maximum Gasteiger partial charge on any atom is 0.274 e. The molecule has 2 fully saturated rings. The van der Waals surface area contributed by atoms with Crippen molar-refractivity contribution in [3.05, 3.63) is 52.2 Å². The minimum absolute atomic E-state index is 0.0199. The first-order valence-corrected chi connectivity index (χ1v) is 8.62. The summed E-state index contributed by atoms with van der Waals surface area (Å²) in [5.74, 6) is 1.01. The van der Waals surface area contributed by atoms with Crippen LogP contribution < -0.4 is 10.3 Å². The number of hydrogen-bond acceptors (Lipinski definition) is 6. The second-order valence-corrected chi connectivity index (χ2v) is 6.76. The number of ether oxygens (including phenoxy) is 2. The Morgan fingerprint density at radius 2 is 2.23 bits per heavy atom. The van der Waals surface area contributed by atoms with Crippen LogP contribution in [-0.2, 0) is 4.74 Å². The Balaban J connectivity index is 1.37. The summed E-state index contributed by atoms with van der Waals surface area (Å²) in [6.45, 7) is 4.23. The second-order valence-electron chi connectivity index (χ2n) is 6.76. The van der Waals surface area contributed by atoms with E-state index >= 15 is 0 Å². The highest BCUT2D eigenvalue weighted by molar-refractivity contribution is 5.92. The molecular formula is C18H20N4O4. The normalized spacial score (nSPS) is 24.5. The molecule has 4 heterocycles. The third-order valence-electron chi connectivity index (χ3n) is 4.97. The summed E-state index contributed by atoms with van der Waals surface area (Å²) in [6.07, 6.45) is 1.74. The van der Waals surface area contributed by atoms with Crippen molar-refractivity contribution in [3.63, 3.8) is 0 Å². The van der Waals surface area contributed by atoms with Gasteiger partial charge in [-0.1, -0.05) is 0 Å². The van der Waals surface area contributed by atoms with E-state index in [-0.39, 0.29) is 35.1 Å². The fourth-order valence-corrected chi connectivity index (χ4v) is 3.50. The number of rotatable bonds is 4. The van der Waals surface area contributed by atoms with Gasteiger partial charge in [0, 0.05) is 36.7 Å². The first-order chi connectivity index (χ1) is 12.6. The summed E-state index contributed by atoms with van der Waals surface area (Å²) < 4.78 is 11.7. The first-order valence-electron chi connectivity index (χ1n) is 8.62. The van der Waals surface area contributed by atoms with Crippen molar-refractivity contribution in [3.8, 4) is 5.75 Å². The van der Waals surface area contributed by atoms with Gasteiger partial charge >= 0.3 is 0 Å². The number of fused-ring (bicyclic) bond motifs is 1. The van der Waals surface area contributed by atoms with E-state index in [1.54, 1.807) is 11.1 Å². The quantitative estimate of drug-likeness (QED) is 0.863. The van der Waals surface area contributed by atoms with E-state index in [2.05, 4.69) is 15.2 Å². The van der Waals surface area contributed by atoms with Crippen molar-refractivity contribution in [2.75, 3.05) is 26.3 Å². The molecule has 0 saturated carbocycles. The topological polar surface area (TPSA) is 97.4 Å². The highest BCUT2D eigenvalue weighted by Crippen LogP contribution is 2.34. The Hall–Kier alpha value is -2.74. The molecule has 1 amide bonds. The smallest absolute Gasteiger partial charge is 0.274 e. The van der Waals surface area contributed by atoms with Crippen molar-refractivity contribution in [1.29, 1.82) is 0 Å². The summed E-state index contributed by atoms with van der Waals surface area (Å²) >= 11 is 0. The summed E-state index contributed by atoms with van der Waals surface area (Å²) in [5.41, 5.74) is 0.858. The maximum absolute atomic E-state index is 12.6. The highest BCUT2D eigenvalue weighted by atomic mass is 16.5. The zero-order valence-corrected chi connectivity index (χ0v) is 14.4. The number of likely N-dealkylation sites (tertiary alicyclic amines) is 1. The fraction of sp³-hybridized carbons (Fsp3) is 0.444. The van der Waals surface area contributed by atoms with Crippen LogP contribution in [0, 0.1) is 18.8 Å². The zero-order valence-electron chi connectivity index (χ0n) is 14.4. The molecular weight excluding hydrogens is 336 g/mol. The van der Waals surface area contributed by atoms with Crippen LogP contribution in [0.5, 0.6) is 5.75 Å². The number of aromatic amines is 1. The molecule has 0 radical (unpaired) electrons. The van der Waals surface area contributed by atoms with Gasteiger partial charge in [0.25, 0.3) is 11.5 Å². The Morgan fingerprint density at radius 1 is 1.35 bits per heavy atom. The van der Waals surface area contributed by atoms with Crippen LogP contribution in [0.2, 0.25) is 0 Å². The highest BCUT2D eigenvalue weighted by Gasteiger charge is 2.45. The van der Waals surface area contributed by atoms with Crippen molar-refractivity contribution in [2.24, 2.45) is 11.8 Å². The summed E-state index contributed by atoms with van der Waals surface area (Å²) in [5, 5.41) is 6.11. The second kappa shape index (κ2) is 6.87. The lowest BCUT2D eigenvalue weighted by molar-refractivity contribution is 0.0656. The van der Waals surface area contributed by atoms with Crippen molar-refractivity contribution in [1.82, 2.24) is 20.1 Å². The molecule has 2 aliphatic rings. The van der Waals surface area contributed by atoms with E-state index < -0.39 is 0 Å². The lowest BCUT2D eigenvalue weighted by Gasteiger charge is -2.19. The molecule has 0 aliphatic carbocycles. The molecule has 2 aromatic heterocycles. The molecule has 0 aromatic carbocycles. The largest absolute Gasteiger partial charge is 0.492 e. The number of aromatic nitrogens is 3. The Kier molecular flexibility index (Phi) is 4.42. The van der Waals surface area contributed by atoms with Crippen LogP contribution in [0.15, 0.2) is 35.3 Å². The number of pyridine rings is 1. The van der Waals surface area contributed by atoms with E-state index in [1.165, 1.54) is 12.1 Å². The molecule has 3 atom stereocenters. The van der Waals surface area contributed by atoms with E-state index in [0.717, 1.165) is 11.4 Å². The monoisotopic (exact) mass is 356 g/mol. The number of hydrogen-bond donors (Lipinski definition) is 1. The number of H-pyrrole nitrogens is 1. The number of nitrogens with zero attached hydrogens (tertiary/aromatic N) is 3. The minimum Gasteiger partial charge on any atom is -0.492 e. The van der Waals surface area contributed by atoms with Gasteiger partial charge in [-0.15, -0.1) is 0 Å². The van der Waals surface area contributed by atoms with Crippen molar-refractivity contribution >= 4 is 5.91 Å². The Morgan fingerprint density at radius 3 is 2.96 bits per heavy atom. The number of amides is 1. The van der Waals surface area contributed by atoms with Gasteiger partial charge in [0.1, 0.15) is 11.4 Å². The number of nitrogens with one attached hydrogen (secondary N) is 1. The lowest BCUT2D eigenvalue weighted by Crippen LogP contribution is -2.33. The van der Waals surface area contributed by atoms with Gasteiger partial charge in [-0.05, 0) is 25.1 Å². The standard InChI is InChI=1S/C18H20N4O4/c1-11-2-3-13(6-19-11)25-9-12-10-26-16-8-22(7-14(12)16)18(24)15-4-5-17(23)21-20-15/h2-6,12,14,16H,7-10H2,1H3,(H,21,23)/t12-,14+,16+/m0/s1. The number of aryl methyl sites for hydroxylation is 1. The molecule has 136 valence electrons. The van der Waals surface area contributed by atoms with Gasteiger partial charge in [-0.3, -0.25) is 14.6 Å². The third-order valence-corrected chi connectivity index (χ3v) is 4.97. The molecule has 2 saturated heterocycles. The summed E-state index contributed by atoms with van der Waals surface area (Å²) in [7, 11) is 0. The van der Waals surface area contributed by atoms with Crippen LogP contribution in [0.3, 0.4) is 0 Å². The molecule has 0 unspecified atom stereocenters. The SMILES string of the molecule is Cc1ccc(OC[C@H]2CO[C@@H]3CN(C(=O)c4ccc(=O)[nH]n4)C[C@H]23)cn1. The van der Waals surface area contributed by atoms with Gasteiger partial charge in [-0.2, -0.15) is 5.10 Å². The zero-order chi connectivity index (χ0) is 18.1. The predicted octanol–water partition coefficient (Wildman–Crippen LogP) is 0.639. The molecule has 4 rings (SSSR count). The van der Waals surface area contributed by atoms with Gasteiger partial charge < -0.3 is 14.4 Å². The summed E-state index contributed by atoms with van der Waals surface area (Å²) in [4.78, 5) is 29.6. The molecule has 8 nitrogen and oxygen atoms in total. The van der Waals surface area contributed by atoms with Gasteiger partial charge in [0.15, 0.2) is 0 Å². The first kappa shape index (κ1) is 16.7. The molecule has 26 heavy (non-hydrogen) atoms. The van der Waals surface area contributed by atoms with E-state index in [1.807, 2.05) is 19.1 Å². The van der Waals surface area contributed by atoms with Crippen LogP contribution in [0.4, 0.5) is 0 Å². The van der Waals surface area contributed by atoms with Crippen molar-refractivity contribution in [2.45, 2.75) is 13.0 Å². The van der Waals surface area contributed by atoms with Gasteiger partial charge in [0.2, 0.25) is 0 Å². The van der Waals surface area contributed by atoms with Crippen molar-refractivity contribution < 1.29 is 14.3 Å². The van der Waals surface area contributed by atoms with Gasteiger partial charge in [-0.25, -0.2) is 5.10 Å². The summed E-state index contributed by atoms with van der Waals surface area (Å²) in [6, 6.07) is 6.57. The Labute approximate surface area is 150 Å². The lowest BCUT2D eigenvalue weighted by atomic mass is 9.94. The van der Waals surface area contributed by atoms with Crippen LogP contribution >= 0.6 is 0 Å². The minimum atomic E-state index is -0.328. The predicted molar refractivity (Wildman–Crippen MR) is 92.0 cm³/mol. The molecule has 0 spiro atoms. The van der Waals surface area contributed by atoms with Crippen LogP contribution in [-0.4, -0.2) is 58.4 Å². The number of carbonyl (C=O) groups is 1. The third kappa shape index (κ3) is 3.32. The fourth-order valence-electron chi connectivity index (χ4n) is 3.50. The van der Waals surface area contributed by atoms with E-state index in [4.69, 9.17) is 9.47 Å². The average molecular weight is 356 g/mol. The average Bonchev–Trinajstić information content (AvgIpc) is 3.22. The van der Waals surface area contributed by atoms with Crippen LogP contribution in [0.1, 0.15) is 16.2 Å². The maximum atomic E-state index is 12.6. The Bertz CT molecular complexity index is 831. The molecule has 2 aliphatic heterocycles. The van der Waals surface area contributed by atoms with Gasteiger partial charge in [0.05, 0.1) is 25.5 Å². The molecule has 2 aromatic rings. The van der Waals surface area contributed by atoms with E-state index in [9.17, 15) is 9.59 Å². The van der Waals surface area contributed by atoms with Crippen LogP contribution in [0.25, 0.3) is 0 Å². The van der Waals surface area contributed by atoms with E-state index in [0.29, 0.717) is 26.3 Å². The number of carbonyl (C=O) groups excluding carboxylic acids is 1.